The highest BCUT2D eigenvalue weighted by Crippen LogP contribution is 2.28. The van der Waals surface area contributed by atoms with Crippen LogP contribution in [0.2, 0.25) is 0 Å². The van der Waals surface area contributed by atoms with E-state index in [0.717, 1.165) is 37.4 Å². The van der Waals surface area contributed by atoms with Gasteiger partial charge in [0.05, 0.1) is 14.2 Å². The molecule has 0 fully saturated rings. The molecular formula is C25H30ClNO2. The van der Waals surface area contributed by atoms with Crippen LogP contribution in [0.3, 0.4) is 0 Å². The summed E-state index contributed by atoms with van der Waals surface area (Å²) in [7, 11) is 3.34. The van der Waals surface area contributed by atoms with Crippen molar-refractivity contribution >= 4 is 12.4 Å². The van der Waals surface area contributed by atoms with Crippen LogP contribution in [0, 0.1) is 0 Å². The summed E-state index contributed by atoms with van der Waals surface area (Å²) in [5.41, 5.74) is 3.98. The molecule has 3 aromatic rings. The number of nitrogens with one attached hydrogen (secondary N) is 1. The van der Waals surface area contributed by atoms with E-state index in [9.17, 15) is 0 Å². The zero-order chi connectivity index (χ0) is 19.6. The minimum Gasteiger partial charge on any atom is -0.493 e. The zero-order valence-corrected chi connectivity index (χ0v) is 18.0. The standard InChI is InChI=1S/C25H29NO2.ClH/c1-27-24-14-13-20(19-25(24)28-2)15-17-26-18-16-23(21-9-5-3-6-10-21)22-11-7-4-8-12-22;/h3-14,19,23,26H,15-18H2,1-2H3;1H. The van der Waals surface area contributed by atoms with Crippen molar-refractivity contribution in [1.29, 1.82) is 0 Å². The van der Waals surface area contributed by atoms with Gasteiger partial charge in [-0.25, -0.2) is 0 Å². The molecule has 0 saturated heterocycles. The summed E-state index contributed by atoms with van der Waals surface area (Å²) in [6.45, 7) is 1.91. The number of benzene rings is 3. The van der Waals surface area contributed by atoms with Crippen LogP contribution in [0.15, 0.2) is 78.9 Å². The van der Waals surface area contributed by atoms with Crippen molar-refractivity contribution in [3.63, 3.8) is 0 Å². The first-order chi connectivity index (χ1) is 13.8. The predicted molar refractivity (Wildman–Crippen MR) is 123 cm³/mol. The first-order valence-corrected chi connectivity index (χ1v) is 9.83. The third-order valence-electron chi connectivity index (χ3n) is 5.05. The summed E-state index contributed by atoms with van der Waals surface area (Å²) in [5.74, 6) is 1.97. The minimum atomic E-state index is 0. The molecular weight excluding hydrogens is 382 g/mol. The molecule has 0 spiro atoms. The van der Waals surface area contributed by atoms with Gasteiger partial charge in [-0.15, -0.1) is 12.4 Å². The topological polar surface area (TPSA) is 30.5 Å². The molecule has 0 aromatic heterocycles. The van der Waals surface area contributed by atoms with Gasteiger partial charge in [0.15, 0.2) is 11.5 Å². The number of rotatable bonds is 10. The molecule has 0 saturated carbocycles. The zero-order valence-electron chi connectivity index (χ0n) is 17.1. The number of halogens is 1. The minimum absolute atomic E-state index is 0. The van der Waals surface area contributed by atoms with Crippen molar-refractivity contribution in [3.8, 4) is 11.5 Å². The van der Waals surface area contributed by atoms with Gasteiger partial charge in [0, 0.05) is 5.92 Å². The molecule has 0 bridgehead atoms. The van der Waals surface area contributed by atoms with Crippen LogP contribution in [-0.4, -0.2) is 27.3 Å². The van der Waals surface area contributed by atoms with Gasteiger partial charge < -0.3 is 14.8 Å². The lowest BCUT2D eigenvalue weighted by atomic mass is 9.88. The third-order valence-corrected chi connectivity index (χ3v) is 5.05. The van der Waals surface area contributed by atoms with Crippen molar-refractivity contribution in [2.24, 2.45) is 0 Å². The Morgan fingerprint density at radius 1 is 0.724 bits per heavy atom. The Bertz CT molecular complexity index is 800. The van der Waals surface area contributed by atoms with E-state index in [2.05, 4.69) is 78.1 Å². The maximum Gasteiger partial charge on any atom is 0.160 e. The van der Waals surface area contributed by atoms with E-state index in [1.165, 1.54) is 16.7 Å². The van der Waals surface area contributed by atoms with Gasteiger partial charge in [-0.05, 0) is 54.8 Å². The van der Waals surface area contributed by atoms with Crippen molar-refractivity contribution in [2.75, 3.05) is 27.3 Å². The van der Waals surface area contributed by atoms with Gasteiger partial charge in [0.1, 0.15) is 0 Å². The van der Waals surface area contributed by atoms with Gasteiger partial charge in [-0.2, -0.15) is 0 Å². The average molecular weight is 412 g/mol. The van der Waals surface area contributed by atoms with Gasteiger partial charge in [0.2, 0.25) is 0 Å². The van der Waals surface area contributed by atoms with Crippen LogP contribution in [0.5, 0.6) is 11.5 Å². The van der Waals surface area contributed by atoms with Crippen molar-refractivity contribution in [3.05, 3.63) is 95.6 Å². The molecule has 0 radical (unpaired) electrons. The van der Waals surface area contributed by atoms with E-state index in [0.29, 0.717) is 5.92 Å². The van der Waals surface area contributed by atoms with Crippen molar-refractivity contribution in [1.82, 2.24) is 5.32 Å². The second-order valence-electron chi connectivity index (χ2n) is 6.85. The van der Waals surface area contributed by atoms with Crippen LogP contribution in [0.4, 0.5) is 0 Å². The highest BCUT2D eigenvalue weighted by Gasteiger charge is 2.13. The first-order valence-electron chi connectivity index (χ1n) is 9.83. The Labute approximate surface area is 180 Å². The Hall–Kier alpha value is -2.49. The van der Waals surface area contributed by atoms with E-state index >= 15 is 0 Å². The van der Waals surface area contributed by atoms with Crippen LogP contribution in [0.25, 0.3) is 0 Å². The molecule has 1 N–H and O–H groups in total. The van der Waals surface area contributed by atoms with Gasteiger partial charge in [-0.3, -0.25) is 0 Å². The van der Waals surface area contributed by atoms with E-state index in [1.807, 2.05) is 6.07 Å². The molecule has 0 unspecified atom stereocenters. The second kappa shape index (κ2) is 12.2. The summed E-state index contributed by atoms with van der Waals surface area (Å²) >= 11 is 0. The lowest BCUT2D eigenvalue weighted by molar-refractivity contribution is 0.354. The fraction of sp³-hybridized carbons (Fsp3) is 0.280. The number of hydrogen-bond acceptors (Lipinski definition) is 3. The van der Waals surface area contributed by atoms with Crippen LogP contribution < -0.4 is 14.8 Å². The molecule has 0 aliphatic rings. The van der Waals surface area contributed by atoms with Crippen LogP contribution >= 0.6 is 12.4 Å². The van der Waals surface area contributed by atoms with E-state index < -0.39 is 0 Å². The lowest BCUT2D eigenvalue weighted by Crippen LogP contribution is -2.20. The summed E-state index contributed by atoms with van der Waals surface area (Å²) in [6.07, 6.45) is 2.03. The first kappa shape index (κ1) is 22.8. The van der Waals surface area contributed by atoms with Crippen LogP contribution in [-0.2, 0) is 6.42 Å². The smallest absolute Gasteiger partial charge is 0.160 e. The van der Waals surface area contributed by atoms with Crippen molar-refractivity contribution in [2.45, 2.75) is 18.8 Å². The molecule has 154 valence electrons. The van der Waals surface area contributed by atoms with E-state index in [1.54, 1.807) is 14.2 Å². The van der Waals surface area contributed by atoms with E-state index in [4.69, 9.17) is 9.47 Å². The molecule has 3 nitrogen and oxygen atoms in total. The molecule has 29 heavy (non-hydrogen) atoms. The molecule has 0 amide bonds. The fourth-order valence-electron chi connectivity index (χ4n) is 3.54. The molecule has 3 rings (SSSR count). The van der Waals surface area contributed by atoms with Crippen molar-refractivity contribution < 1.29 is 9.47 Å². The van der Waals surface area contributed by atoms with Gasteiger partial charge >= 0.3 is 0 Å². The number of hydrogen-bond donors (Lipinski definition) is 1. The Balaban J connectivity index is 0.00000300. The second-order valence-corrected chi connectivity index (χ2v) is 6.85. The SMILES string of the molecule is COc1ccc(CCNCCC(c2ccccc2)c2ccccc2)cc1OC.Cl. The summed E-state index contributed by atoms with van der Waals surface area (Å²) in [4.78, 5) is 0. The van der Waals surface area contributed by atoms with Gasteiger partial charge in [-0.1, -0.05) is 66.7 Å². The molecule has 4 heteroatoms. The third kappa shape index (κ3) is 6.52. The maximum absolute atomic E-state index is 5.39. The maximum atomic E-state index is 5.39. The lowest BCUT2D eigenvalue weighted by Gasteiger charge is -2.18. The summed E-state index contributed by atoms with van der Waals surface area (Å²) < 4.78 is 10.7. The Morgan fingerprint density at radius 2 is 1.31 bits per heavy atom. The monoisotopic (exact) mass is 411 g/mol. The van der Waals surface area contributed by atoms with Crippen LogP contribution in [0.1, 0.15) is 29.0 Å². The predicted octanol–water partition coefficient (Wildman–Crippen LogP) is 5.48. The van der Waals surface area contributed by atoms with E-state index in [-0.39, 0.29) is 12.4 Å². The molecule has 0 atom stereocenters. The Morgan fingerprint density at radius 3 is 1.86 bits per heavy atom. The quantitative estimate of drug-likeness (QED) is 0.448. The normalized spacial score (nSPS) is 10.4. The highest BCUT2D eigenvalue weighted by atomic mass is 35.5. The average Bonchev–Trinajstić information content (AvgIpc) is 2.77. The molecule has 3 aromatic carbocycles. The largest absolute Gasteiger partial charge is 0.493 e. The highest BCUT2D eigenvalue weighted by molar-refractivity contribution is 5.85. The number of methoxy groups -OCH3 is 2. The molecule has 0 aliphatic heterocycles. The summed E-state index contributed by atoms with van der Waals surface area (Å²) in [6, 6.07) is 27.6. The number of ether oxygens (including phenoxy) is 2. The molecule has 0 heterocycles. The fourth-order valence-corrected chi connectivity index (χ4v) is 3.54. The Kier molecular flexibility index (Phi) is 9.55. The van der Waals surface area contributed by atoms with Gasteiger partial charge in [0.25, 0.3) is 0 Å². The summed E-state index contributed by atoms with van der Waals surface area (Å²) in [5, 5.41) is 3.60. The molecule has 0 aliphatic carbocycles.